The molecule has 126 valence electrons. The van der Waals surface area contributed by atoms with Gasteiger partial charge in [0.05, 0.1) is 17.2 Å². The molecule has 0 N–H and O–H groups in total. The number of hydrogen-bond acceptors (Lipinski definition) is 5. The van der Waals surface area contributed by atoms with Crippen LogP contribution in [0.4, 0.5) is 13.2 Å². The summed E-state index contributed by atoms with van der Waals surface area (Å²) in [5, 5.41) is 5.09. The first-order chi connectivity index (χ1) is 11.3. The Morgan fingerprint density at radius 2 is 2.21 bits per heavy atom. The van der Waals surface area contributed by atoms with Crippen molar-refractivity contribution in [1.82, 2.24) is 14.6 Å². The molecule has 3 rings (SSSR count). The number of carbonyl (C=O) groups excluding carboxylic acids is 1. The number of esters is 1. The third-order valence-corrected chi connectivity index (χ3v) is 4.31. The van der Waals surface area contributed by atoms with Crippen molar-refractivity contribution in [3.63, 3.8) is 0 Å². The molecule has 5 nitrogen and oxygen atoms in total. The molecule has 24 heavy (non-hydrogen) atoms. The van der Waals surface area contributed by atoms with Crippen LogP contribution in [-0.4, -0.2) is 27.2 Å². The van der Waals surface area contributed by atoms with Gasteiger partial charge in [0.2, 0.25) is 0 Å². The first-order valence-corrected chi connectivity index (χ1v) is 7.96. The molecule has 0 aliphatic rings. The van der Waals surface area contributed by atoms with Crippen molar-refractivity contribution >= 4 is 34.6 Å². The summed E-state index contributed by atoms with van der Waals surface area (Å²) in [4.78, 5) is 16.5. The Balaban J connectivity index is 2.30. The van der Waals surface area contributed by atoms with Crippen LogP contribution in [0.5, 0.6) is 0 Å². The fourth-order valence-corrected chi connectivity index (χ4v) is 3.00. The Morgan fingerprint density at radius 3 is 2.79 bits per heavy atom. The molecule has 0 radical (unpaired) electrons. The van der Waals surface area contributed by atoms with Crippen LogP contribution in [0.2, 0.25) is 5.02 Å². The molecule has 0 aromatic carbocycles. The van der Waals surface area contributed by atoms with E-state index in [0.717, 1.165) is 6.07 Å². The Hall–Kier alpha value is -2.13. The van der Waals surface area contributed by atoms with Crippen molar-refractivity contribution in [2.45, 2.75) is 13.1 Å². The summed E-state index contributed by atoms with van der Waals surface area (Å²) >= 11 is 7.27. The lowest BCUT2D eigenvalue weighted by molar-refractivity contribution is -0.142. The van der Waals surface area contributed by atoms with Crippen molar-refractivity contribution in [1.29, 1.82) is 0 Å². The highest BCUT2D eigenvalue weighted by molar-refractivity contribution is 7.13. The summed E-state index contributed by atoms with van der Waals surface area (Å²) in [6.45, 7) is 1.61. The zero-order valence-electron chi connectivity index (χ0n) is 12.1. The van der Waals surface area contributed by atoms with E-state index < -0.39 is 23.5 Å². The number of alkyl halides is 3. The van der Waals surface area contributed by atoms with Gasteiger partial charge in [0, 0.05) is 0 Å². The van der Waals surface area contributed by atoms with Gasteiger partial charge in [-0.2, -0.15) is 18.3 Å². The van der Waals surface area contributed by atoms with Crippen LogP contribution in [0.25, 0.3) is 16.2 Å². The summed E-state index contributed by atoms with van der Waals surface area (Å²) in [6.07, 6.45) is -4.70. The molecule has 0 aliphatic heterocycles. The standard InChI is InChI=1S/C14H9ClF3N3O2S/c1-2-23-13(22)11-10(15)12-19-7(8-4-3-5-24-8)6-9(14(16,17)18)21(12)20-11/h3-6H,2H2,1H3. The molecule has 0 fully saturated rings. The lowest BCUT2D eigenvalue weighted by Crippen LogP contribution is -2.14. The summed E-state index contributed by atoms with van der Waals surface area (Å²) in [6, 6.07) is 4.21. The minimum atomic E-state index is -4.70. The third kappa shape index (κ3) is 2.84. The molecule has 0 saturated heterocycles. The highest BCUT2D eigenvalue weighted by Gasteiger charge is 2.37. The van der Waals surface area contributed by atoms with Crippen molar-refractivity contribution in [3.05, 3.63) is 40.0 Å². The molecule has 3 aromatic heterocycles. The molecule has 0 unspecified atom stereocenters. The highest BCUT2D eigenvalue weighted by atomic mass is 35.5. The SMILES string of the molecule is CCOC(=O)c1nn2c(C(F)(F)F)cc(-c3cccs3)nc2c1Cl. The summed E-state index contributed by atoms with van der Waals surface area (Å²) < 4.78 is 45.4. The van der Waals surface area contributed by atoms with Crippen LogP contribution in [0.1, 0.15) is 23.1 Å². The van der Waals surface area contributed by atoms with E-state index >= 15 is 0 Å². The smallest absolute Gasteiger partial charge is 0.433 e. The minimum Gasteiger partial charge on any atom is -0.461 e. The molecule has 0 atom stereocenters. The molecule has 0 bridgehead atoms. The topological polar surface area (TPSA) is 56.5 Å². The predicted molar refractivity (Wildman–Crippen MR) is 82.3 cm³/mol. The molecule has 0 spiro atoms. The van der Waals surface area contributed by atoms with E-state index in [4.69, 9.17) is 16.3 Å². The van der Waals surface area contributed by atoms with E-state index in [0.29, 0.717) is 9.39 Å². The Kier molecular flexibility index (Phi) is 4.22. The average molecular weight is 376 g/mol. The maximum Gasteiger partial charge on any atom is 0.433 e. The number of carbonyl (C=O) groups is 1. The number of nitrogens with zero attached hydrogens (tertiary/aromatic N) is 3. The maximum absolute atomic E-state index is 13.4. The van der Waals surface area contributed by atoms with Gasteiger partial charge in [-0.3, -0.25) is 0 Å². The molecule has 0 aliphatic carbocycles. The molecule has 0 amide bonds. The van der Waals surface area contributed by atoms with E-state index in [2.05, 4.69) is 10.1 Å². The monoisotopic (exact) mass is 375 g/mol. The Bertz CT molecular complexity index is 906. The second-order valence-corrected chi connectivity index (χ2v) is 5.95. The zero-order chi connectivity index (χ0) is 17.5. The average Bonchev–Trinajstić information content (AvgIpc) is 3.14. The normalized spacial score (nSPS) is 11.9. The van der Waals surface area contributed by atoms with Gasteiger partial charge >= 0.3 is 12.1 Å². The number of thiophene rings is 1. The number of fused-ring (bicyclic) bond motifs is 1. The number of ether oxygens (including phenoxy) is 1. The van der Waals surface area contributed by atoms with Gasteiger partial charge in [0.25, 0.3) is 0 Å². The van der Waals surface area contributed by atoms with Gasteiger partial charge in [-0.15, -0.1) is 11.3 Å². The second-order valence-electron chi connectivity index (χ2n) is 4.62. The summed E-state index contributed by atoms with van der Waals surface area (Å²) in [5.41, 5.74) is -1.63. The zero-order valence-corrected chi connectivity index (χ0v) is 13.7. The maximum atomic E-state index is 13.4. The minimum absolute atomic E-state index is 0.0447. The van der Waals surface area contributed by atoms with Crippen LogP contribution in [0.15, 0.2) is 23.6 Å². The fourth-order valence-electron chi connectivity index (χ4n) is 2.07. The second kappa shape index (κ2) is 6.06. The molecular weight excluding hydrogens is 367 g/mol. The van der Waals surface area contributed by atoms with Crippen LogP contribution in [0.3, 0.4) is 0 Å². The van der Waals surface area contributed by atoms with Crippen molar-refractivity contribution in [2.24, 2.45) is 0 Å². The lowest BCUT2D eigenvalue weighted by atomic mass is 10.2. The number of rotatable bonds is 3. The Labute approximate surface area is 142 Å². The quantitative estimate of drug-likeness (QED) is 0.640. The van der Waals surface area contributed by atoms with Gasteiger partial charge < -0.3 is 4.74 Å². The lowest BCUT2D eigenvalue weighted by Gasteiger charge is -2.10. The first-order valence-electron chi connectivity index (χ1n) is 6.70. The van der Waals surface area contributed by atoms with Crippen LogP contribution >= 0.6 is 22.9 Å². The van der Waals surface area contributed by atoms with Crippen LogP contribution in [-0.2, 0) is 10.9 Å². The summed E-state index contributed by atoms with van der Waals surface area (Å²) in [7, 11) is 0. The number of aromatic nitrogens is 3. The van der Waals surface area contributed by atoms with Crippen molar-refractivity contribution in [3.8, 4) is 10.6 Å². The first kappa shape index (κ1) is 16.7. The van der Waals surface area contributed by atoms with Crippen LogP contribution < -0.4 is 0 Å². The van der Waals surface area contributed by atoms with Crippen molar-refractivity contribution < 1.29 is 22.7 Å². The number of hydrogen-bond donors (Lipinski definition) is 0. The van der Waals surface area contributed by atoms with E-state index in [1.807, 2.05) is 0 Å². The van der Waals surface area contributed by atoms with E-state index in [-0.39, 0.29) is 23.0 Å². The highest BCUT2D eigenvalue weighted by Crippen LogP contribution is 2.35. The van der Waals surface area contributed by atoms with E-state index in [1.54, 1.807) is 24.4 Å². The molecular formula is C14H9ClF3N3O2S. The van der Waals surface area contributed by atoms with Gasteiger partial charge in [-0.1, -0.05) is 17.7 Å². The number of halogens is 4. The fraction of sp³-hybridized carbons (Fsp3) is 0.214. The summed E-state index contributed by atoms with van der Waals surface area (Å²) in [5.74, 6) is -0.904. The Morgan fingerprint density at radius 1 is 1.46 bits per heavy atom. The van der Waals surface area contributed by atoms with Gasteiger partial charge in [0.15, 0.2) is 17.0 Å². The molecule has 3 heterocycles. The predicted octanol–water partition coefficient (Wildman–Crippen LogP) is 4.31. The largest absolute Gasteiger partial charge is 0.461 e. The van der Waals surface area contributed by atoms with E-state index in [1.165, 1.54) is 11.3 Å². The van der Waals surface area contributed by atoms with Gasteiger partial charge in [-0.05, 0) is 24.4 Å². The molecule has 3 aromatic rings. The van der Waals surface area contributed by atoms with E-state index in [9.17, 15) is 18.0 Å². The van der Waals surface area contributed by atoms with Gasteiger partial charge in [0.1, 0.15) is 5.02 Å². The third-order valence-electron chi connectivity index (χ3n) is 3.07. The molecule has 10 heteroatoms. The van der Waals surface area contributed by atoms with Crippen molar-refractivity contribution in [2.75, 3.05) is 6.61 Å². The van der Waals surface area contributed by atoms with Crippen LogP contribution in [0, 0.1) is 0 Å². The van der Waals surface area contributed by atoms with Gasteiger partial charge in [-0.25, -0.2) is 14.3 Å². The molecule has 0 saturated carbocycles.